The fourth-order valence-electron chi connectivity index (χ4n) is 3.80. The molecule has 0 aliphatic heterocycles. The lowest BCUT2D eigenvalue weighted by Crippen LogP contribution is -2.34. The quantitative estimate of drug-likeness (QED) is 0.466. The zero-order chi connectivity index (χ0) is 22.9. The number of carbonyl (C=O) groups excluding carboxylic acids is 1. The summed E-state index contributed by atoms with van der Waals surface area (Å²) in [6, 6.07) is 13.5. The van der Waals surface area contributed by atoms with E-state index in [0.29, 0.717) is 24.6 Å². The molecule has 6 heteroatoms. The van der Waals surface area contributed by atoms with E-state index in [1.807, 2.05) is 38.2 Å². The number of hydrogen-bond acceptors (Lipinski definition) is 4. The molecule has 3 aromatic rings. The molecule has 1 amide bonds. The molecule has 4 rings (SSSR count). The molecule has 0 saturated heterocycles. The molecule has 2 aromatic carbocycles. The van der Waals surface area contributed by atoms with Crippen LogP contribution in [0, 0.1) is 12.8 Å². The first-order chi connectivity index (χ1) is 15.2. The Labute approximate surface area is 189 Å². The van der Waals surface area contributed by atoms with Gasteiger partial charge in [0.15, 0.2) is 0 Å². The Bertz CT molecular complexity index is 1110. The van der Waals surface area contributed by atoms with Crippen molar-refractivity contribution in [1.82, 2.24) is 9.88 Å². The van der Waals surface area contributed by atoms with E-state index in [9.17, 15) is 9.90 Å². The highest BCUT2D eigenvalue weighted by atomic mass is 16.5. The standard InChI is InChI=1S/C26H33N3O3/c1-17-22-13-20(14-27-16-26(2,3)31)29(4)24(22)12-11-23(17)28-25(30)19-7-9-21(10-8-19)32-15-18-5-6-18/h7-13,18,27,31H,5-6,14-16H2,1-4H3,(H,28,30). The Morgan fingerprint density at radius 2 is 1.91 bits per heavy atom. The van der Waals surface area contributed by atoms with Crippen molar-refractivity contribution >= 4 is 22.5 Å². The lowest BCUT2D eigenvalue weighted by atomic mass is 10.1. The van der Waals surface area contributed by atoms with Crippen molar-refractivity contribution in [3.63, 3.8) is 0 Å². The minimum atomic E-state index is -0.750. The van der Waals surface area contributed by atoms with Crippen molar-refractivity contribution < 1.29 is 14.6 Å². The van der Waals surface area contributed by atoms with Crippen molar-refractivity contribution in [2.75, 3.05) is 18.5 Å². The van der Waals surface area contributed by atoms with Crippen LogP contribution in [-0.4, -0.2) is 34.3 Å². The molecule has 0 radical (unpaired) electrons. The van der Waals surface area contributed by atoms with Gasteiger partial charge in [0, 0.05) is 48.0 Å². The minimum absolute atomic E-state index is 0.135. The van der Waals surface area contributed by atoms with Gasteiger partial charge in [0.1, 0.15) is 5.75 Å². The molecule has 1 fully saturated rings. The smallest absolute Gasteiger partial charge is 0.255 e. The summed E-state index contributed by atoms with van der Waals surface area (Å²) in [6.45, 7) is 7.54. The third kappa shape index (κ3) is 5.31. The highest BCUT2D eigenvalue weighted by Crippen LogP contribution is 2.30. The first-order valence-corrected chi connectivity index (χ1v) is 11.3. The number of benzene rings is 2. The van der Waals surface area contributed by atoms with Gasteiger partial charge in [-0.3, -0.25) is 4.79 Å². The minimum Gasteiger partial charge on any atom is -0.493 e. The number of fused-ring (bicyclic) bond motifs is 1. The van der Waals surface area contributed by atoms with Crippen LogP contribution in [-0.2, 0) is 13.6 Å². The Kier molecular flexibility index (Phi) is 6.26. The van der Waals surface area contributed by atoms with Crippen LogP contribution in [0.5, 0.6) is 5.75 Å². The molecule has 0 spiro atoms. The summed E-state index contributed by atoms with van der Waals surface area (Å²) in [7, 11) is 2.04. The van der Waals surface area contributed by atoms with Gasteiger partial charge in [0.2, 0.25) is 0 Å². The van der Waals surface area contributed by atoms with Crippen molar-refractivity contribution in [2.24, 2.45) is 13.0 Å². The topological polar surface area (TPSA) is 75.5 Å². The Morgan fingerprint density at radius 1 is 1.19 bits per heavy atom. The molecule has 0 atom stereocenters. The number of aliphatic hydroxyl groups is 1. The normalized spacial score (nSPS) is 14.0. The maximum Gasteiger partial charge on any atom is 0.255 e. The summed E-state index contributed by atoms with van der Waals surface area (Å²) in [6.07, 6.45) is 2.51. The molecule has 1 heterocycles. The largest absolute Gasteiger partial charge is 0.493 e. The molecule has 1 aromatic heterocycles. The van der Waals surface area contributed by atoms with Gasteiger partial charge in [0.05, 0.1) is 12.2 Å². The number of hydrogen-bond donors (Lipinski definition) is 3. The van der Waals surface area contributed by atoms with Crippen molar-refractivity contribution in [1.29, 1.82) is 0 Å². The SMILES string of the molecule is Cc1c(NC(=O)c2ccc(OCC3CC3)cc2)ccc2c1cc(CNCC(C)(C)O)n2C. The van der Waals surface area contributed by atoms with Gasteiger partial charge in [-0.05, 0) is 87.6 Å². The monoisotopic (exact) mass is 435 g/mol. The third-order valence-corrected chi connectivity index (χ3v) is 6.01. The van der Waals surface area contributed by atoms with E-state index in [1.54, 1.807) is 26.0 Å². The van der Waals surface area contributed by atoms with Gasteiger partial charge in [-0.1, -0.05) is 0 Å². The molecule has 6 nitrogen and oxygen atoms in total. The van der Waals surface area contributed by atoms with E-state index in [-0.39, 0.29) is 5.91 Å². The maximum absolute atomic E-state index is 12.8. The number of nitrogens with zero attached hydrogens (tertiary/aromatic N) is 1. The lowest BCUT2D eigenvalue weighted by Gasteiger charge is -2.17. The summed E-state index contributed by atoms with van der Waals surface area (Å²) >= 11 is 0. The third-order valence-electron chi connectivity index (χ3n) is 6.01. The van der Waals surface area contributed by atoms with Gasteiger partial charge in [-0.2, -0.15) is 0 Å². The second-order valence-electron chi connectivity index (χ2n) is 9.51. The van der Waals surface area contributed by atoms with E-state index < -0.39 is 5.60 Å². The average molecular weight is 436 g/mol. The number of ether oxygens (including phenoxy) is 1. The van der Waals surface area contributed by atoms with Crippen LogP contribution in [0.4, 0.5) is 5.69 Å². The predicted molar refractivity (Wildman–Crippen MR) is 128 cm³/mol. The number of anilines is 1. The average Bonchev–Trinajstić information content (AvgIpc) is 3.52. The number of amides is 1. The van der Waals surface area contributed by atoms with Crippen LogP contribution in [0.2, 0.25) is 0 Å². The first-order valence-electron chi connectivity index (χ1n) is 11.3. The number of nitrogens with one attached hydrogen (secondary N) is 2. The first kappa shape index (κ1) is 22.4. The second kappa shape index (κ2) is 8.96. The van der Waals surface area contributed by atoms with E-state index in [2.05, 4.69) is 21.3 Å². The molecule has 170 valence electrons. The van der Waals surface area contributed by atoms with Gasteiger partial charge < -0.3 is 25.0 Å². The van der Waals surface area contributed by atoms with E-state index in [4.69, 9.17) is 4.74 Å². The van der Waals surface area contributed by atoms with Crippen LogP contribution in [0.3, 0.4) is 0 Å². The van der Waals surface area contributed by atoms with Crippen LogP contribution >= 0.6 is 0 Å². The Balaban J connectivity index is 1.45. The van der Waals surface area contributed by atoms with E-state index in [0.717, 1.165) is 40.2 Å². The highest BCUT2D eigenvalue weighted by molar-refractivity contribution is 6.06. The lowest BCUT2D eigenvalue weighted by molar-refractivity contribution is 0.0793. The zero-order valence-corrected chi connectivity index (χ0v) is 19.4. The summed E-state index contributed by atoms with van der Waals surface area (Å²) in [5.74, 6) is 1.37. The van der Waals surface area contributed by atoms with Gasteiger partial charge in [-0.15, -0.1) is 0 Å². The molecular weight excluding hydrogens is 402 g/mol. The second-order valence-corrected chi connectivity index (χ2v) is 9.51. The fraction of sp³-hybridized carbons (Fsp3) is 0.423. The van der Waals surface area contributed by atoms with Crippen molar-refractivity contribution in [3.05, 3.63) is 59.3 Å². The fourth-order valence-corrected chi connectivity index (χ4v) is 3.80. The molecule has 1 aliphatic rings. The zero-order valence-electron chi connectivity index (χ0n) is 19.4. The molecular formula is C26H33N3O3. The van der Waals surface area contributed by atoms with E-state index >= 15 is 0 Å². The number of aromatic nitrogens is 1. The van der Waals surface area contributed by atoms with Gasteiger partial charge in [0.25, 0.3) is 5.91 Å². The van der Waals surface area contributed by atoms with Crippen LogP contribution < -0.4 is 15.4 Å². The number of aryl methyl sites for hydroxylation is 2. The molecule has 1 saturated carbocycles. The molecule has 0 unspecified atom stereocenters. The summed E-state index contributed by atoms with van der Waals surface area (Å²) in [5, 5.41) is 17.4. The number of rotatable bonds is 9. The van der Waals surface area contributed by atoms with Crippen molar-refractivity contribution in [2.45, 2.75) is 45.8 Å². The molecule has 32 heavy (non-hydrogen) atoms. The summed E-state index contributed by atoms with van der Waals surface area (Å²) in [5.41, 5.74) is 3.92. The van der Waals surface area contributed by atoms with Crippen LogP contribution in [0.25, 0.3) is 10.9 Å². The van der Waals surface area contributed by atoms with Crippen LogP contribution in [0.1, 0.15) is 48.3 Å². The summed E-state index contributed by atoms with van der Waals surface area (Å²) < 4.78 is 7.90. The molecule has 1 aliphatic carbocycles. The van der Waals surface area contributed by atoms with Crippen LogP contribution in [0.15, 0.2) is 42.5 Å². The van der Waals surface area contributed by atoms with Gasteiger partial charge in [-0.25, -0.2) is 0 Å². The predicted octanol–water partition coefficient (Wildman–Crippen LogP) is 4.39. The number of carbonyl (C=O) groups is 1. The van der Waals surface area contributed by atoms with Gasteiger partial charge >= 0.3 is 0 Å². The Hall–Kier alpha value is -2.83. The van der Waals surface area contributed by atoms with E-state index in [1.165, 1.54) is 12.8 Å². The molecule has 0 bridgehead atoms. The van der Waals surface area contributed by atoms with Crippen molar-refractivity contribution in [3.8, 4) is 5.75 Å². The highest BCUT2D eigenvalue weighted by Gasteiger charge is 2.22. The summed E-state index contributed by atoms with van der Waals surface area (Å²) in [4.78, 5) is 12.8. The Morgan fingerprint density at radius 3 is 2.56 bits per heavy atom. The maximum atomic E-state index is 12.8. The molecule has 3 N–H and O–H groups in total.